The van der Waals surface area contributed by atoms with E-state index in [1.165, 1.54) is 0 Å². The molecule has 0 spiro atoms. The van der Waals surface area contributed by atoms with Crippen molar-refractivity contribution >= 4 is 51.1 Å². The van der Waals surface area contributed by atoms with E-state index in [2.05, 4.69) is 31.8 Å². The van der Waals surface area contributed by atoms with Gasteiger partial charge < -0.3 is 14.8 Å². The van der Waals surface area contributed by atoms with Gasteiger partial charge in [-0.3, -0.25) is 5.43 Å². The van der Waals surface area contributed by atoms with Crippen LogP contribution in [0.2, 0.25) is 5.02 Å². The van der Waals surface area contributed by atoms with Crippen molar-refractivity contribution in [2.75, 3.05) is 13.2 Å². The van der Waals surface area contributed by atoms with E-state index in [4.69, 9.17) is 33.3 Å². The minimum Gasteiger partial charge on any atom is -0.490 e. The van der Waals surface area contributed by atoms with Gasteiger partial charge in [0.1, 0.15) is 6.61 Å². The molecule has 0 fully saturated rings. The minimum absolute atomic E-state index is 0.405. The molecule has 0 heterocycles. The Morgan fingerprint density at radius 3 is 2.63 bits per heavy atom. The highest BCUT2D eigenvalue weighted by molar-refractivity contribution is 9.10. The number of benzene rings is 2. The molecule has 0 unspecified atom stereocenters. The van der Waals surface area contributed by atoms with Crippen LogP contribution in [0, 0.1) is 0 Å². The van der Waals surface area contributed by atoms with Crippen LogP contribution in [0.4, 0.5) is 0 Å². The molecule has 0 aliphatic carbocycles. The summed E-state index contributed by atoms with van der Waals surface area (Å²) in [5.41, 5.74) is 4.62. The molecule has 2 aromatic rings. The largest absolute Gasteiger partial charge is 0.490 e. The number of nitrogens with zero attached hydrogens (tertiary/aromatic N) is 1. The van der Waals surface area contributed by atoms with Crippen LogP contribution < -0.4 is 20.2 Å². The summed E-state index contributed by atoms with van der Waals surface area (Å²) in [6.45, 7) is 5.55. The van der Waals surface area contributed by atoms with E-state index in [1.54, 1.807) is 6.21 Å². The smallest absolute Gasteiger partial charge is 0.186 e. The van der Waals surface area contributed by atoms with Gasteiger partial charge in [0.15, 0.2) is 16.6 Å². The minimum atomic E-state index is 0.405. The lowest BCUT2D eigenvalue weighted by atomic mass is 10.2. The normalized spacial score (nSPS) is 10.7. The summed E-state index contributed by atoms with van der Waals surface area (Å²) in [6, 6.07) is 11.3. The summed E-state index contributed by atoms with van der Waals surface area (Å²) in [5.74, 6) is 1.27. The van der Waals surface area contributed by atoms with Crippen LogP contribution in [0.15, 0.2) is 46.0 Å². The lowest BCUT2D eigenvalue weighted by Gasteiger charge is -2.15. The first-order valence-corrected chi connectivity index (χ1v) is 10.0. The van der Waals surface area contributed by atoms with E-state index in [0.717, 1.165) is 22.1 Å². The summed E-state index contributed by atoms with van der Waals surface area (Å²) < 4.78 is 12.5. The van der Waals surface area contributed by atoms with Crippen molar-refractivity contribution in [2.45, 2.75) is 20.5 Å². The van der Waals surface area contributed by atoms with Crippen LogP contribution in [0.25, 0.3) is 0 Å². The first-order valence-electron chi connectivity index (χ1n) is 8.44. The molecule has 0 saturated heterocycles. The zero-order chi connectivity index (χ0) is 19.6. The van der Waals surface area contributed by atoms with Crippen molar-refractivity contribution in [3.05, 3.63) is 57.0 Å². The lowest BCUT2D eigenvalue weighted by molar-refractivity contribution is 0.267. The molecule has 0 amide bonds. The van der Waals surface area contributed by atoms with Crippen LogP contribution in [0.1, 0.15) is 25.0 Å². The zero-order valence-corrected chi connectivity index (χ0v) is 18.2. The Morgan fingerprint density at radius 2 is 1.96 bits per heavy atom. The molecular weight excluding hydrogens is 450 g/mol. The van der Waals surface area contributed by atoms with Crippen molar-refractivity contribution in [3.8, 4) is 11.5 Å². The second-order valence-electron chi connectivity index (χ2n) is 5.41. The quantitative estimate of drug-likeness (QED) is 0.326. The van der Waals surface area contributed by atoms with E-state index in [9.17, 15) is 0 Å². The van der Waals surface area contributed by atoms with Crippen molar-refractivity contribution in [2.24, 2.45) is 5.10 Å². The number of ether oxygens (including phenoxy) is 2. The standard InChI is InChI=1S/C19H21BrClN3O2S/c1-3-22-19(27)24-23-11-14-9-16(20)18(17(10-14)25-4-2)26-12-13-5-7-15(21)8-6-13/h5-11H,3-4,12H2,1-2H3,(H2,22,24,27)/b23-11-. The first kappa shape index (κ1) is 21.5. The Morgan fingerprint density at radius 1 is 1.22 bits per heavy atom. The van der Waals surface area contributed by atoms with E-state index in [0.29, 0.717) is 34.8 Å². The molecular formula is C19H21BrClN3O2S. The molecule has 144 valence electrons. The fourth-order valence-electron chi connectivity index (χ4n) is 2.17. The number of halogens is 2. The van der Waals surface area contributed by atoms with E-state index >= 15 is 0 Å². The molecule has 0 aliphatic heterocycles. The molecule has 2 aromatic carbocycles. The van der Waals surface area contributed by atoms with Crippen LogP contribution in [-0.4, -0.2) is 24.5 Å². The first-order chi connectivity index (χ1) is 13.0. The number of hydrazone groups is 1. The maximum Gasteiger partial charge on any atom is 0.186 e. The molecule has 0 bridgehead atoms. The molecule has 2 rings (SSSR count). The highest BCUT2D eigenvalue weighted by Gasteiger charge is 2.12. The second kappa shape index (κ2) is 11.1. The maximum atomic E-state index is 5.97. The Labute approximate surface area is 178 Å². The van der Waals surface area contributed by atoms with Gasteiger partial charge in [-0.05, 0) is 77.4 Å². The fourth-order valence-corrected chi connectivity index (χ4v) is 3.06. The van der Waals surface area contributed by atoms with E-state index in [1.807, 2.05) is 50.2 Å². The molecule has 0 radical (unpaired) electrons. The third-order valence-electron chi connectivity index (χ3n) is 3.35. The topological polar surface area (TPSA) is 54.9 Å². The summed E-state index contributed by atoms with van der Waals surface area (Å²) >= 11 is 14.5. The maximum absolute atomic E-state index is 5.97. The van der Waals surface area contributed by atoms with Crippen LogP contribution >= 0.6 is 39.7 Å². The third-order valence-corrected chi connectivity index (χ3v) is 4.42. The molecule has 0 aromatic heterocycles. The summed E-state index contributed by atoms with van der Waals surface area (Å²) in [7, 11) is 0. The van der Waals surface area contributed by atoms with E-state index in [-0.39, 0.29) is 0 Å². The number of hydrogen-bond acceptors (Lipinski definition) is 4. The van der Waals surface area contributed by atoms with Gasteiger partial charge in [0.25, 0.3) is 0 Å². The number of thiocarbonyl (C=S) groups is 1. The van der Waals surface area contributed by atoms with Crippen molar-refractivity contribution in [3.63, 3.8) is 0 Å². The molecule has 27 heavy (non-hydrogen) atoms. The lowest BCUT2D eigenvalue weighted by Crippen LogP contribution is -2.31. The monoisotopic (exact) mass is 469 g/mol. The average molecular weight is 471 g/mol. The summed E-state index contributed by atoms with van der Waals surface area (Å²) in [6.07, 6.45) is 1.67. The Hall–Kier alpha value is -1.83. The number of hydrogen-bond donors (Lipinski definition) is 2. The van der Waals surface area contributed by atoms with Crippen LogP contribution in [0.3, 0.4) is 0 Å². The van der Waals surface area contributed by atoms with Gasteiger partial charge >= 0.3 is 0 Å². The molecule has 0 aliphatic rings. The predicted molar refractivity (Wildman–Crippen MR) is 118 cm³/mol. The molecule has 5 nitrogen and oxygen atoms in total. The van der Waals surface area contributed by atoms with E-state index < -0.39 is 0 Å². The molecule has 0 saturated carbocycles. The van der Waals surface area contributed by atoms with Crippen molar-refractivity contribution in [1.82, 2.24) is 10.7 Å². The van der Waals surface area contributed by atoms with Gasteiger partial charge in [-0.15, -0.1) is 0 Å². The summed E-state index contributed by atoms with van der Waals surface area (Å²) in [5, 5.41) is 8.26. The van der Waals surface area contributed by atoms with Crippen LogP contribution in [0.5, 0.6) is 11.5 Å². The Kier molecular flexibility index (Phi) is 8.84. The fraction of sp³-hybridized carbons (Fsp3) is 0.263. The molecule has 0 atom stereocenters. The van der Waals surface area contributed by atoms with Gasteiger partial charge in [0.2, 0.25) is 0 Å². The highest BCUT2D eigenvalue weighted by Crippen LogP contribution is 2.37. The van der Waals surface area contributed by atoms with Gasteiger partial charge in [0, 0.05) is 11.6 Å². The Bertz CT molecular complexity index is 800. The van der Waals surface area contributed by atoms with Crippen LogP contribution in [-0.2, 0) is 6.61 Å². The highest BCUT2D eigenvalue weighted by atomic mass is 79.9. The molecule has 2 N–H and O–H groups in total. The van der Waals surface area contributed by atoms with Gasteiger partial charge in [-0.25, -0.2) is 0 Å². The van der Waals surface area contributed by atoms with Gasteiger partial charge in [0.05, 0.1) is 17.3 Å². The second-order valence-corrected chi connectivity index (χ2v) is 7.11. The third kappa shape index (κ3) is 7.01. The summed E-state index contributed by atoms with van der Waals surface area (Å²) in [4.78, 5) is 0. The van der Waals surface area contributed by atoms with Gasteiger partial charge in [-0.2, -0.15) is 5.10 Å². The average Bonchev–Trinajstić information content (AvgIpc) is 2.63. The predicted octanol–water partition coefficient (Wildman–Crippen LogP) is 4.90. The SMILES string of the molecule is CCNC(=S)N/N=C\c1cc(Br)c(OCc2ccc(Cl)cc2)c(OCC)c1. The zero-order valence-electron chi connectivity index (χ0n) is 15.1. The molecule has 8 heteroatoms. The van der Waals surface area contributed by atoms with Gasteiger partial charge in [-0.1, -0.05) is 23.7 Å². The van der Waals surface area contributed by atoms with Crippen molar-refractivity contribution in [1.29, 1.82) is 0 Å². The Balaban J connectivity index is 2.13. The number of nitrogens with one attached hydrogen (secondary N) is 2. The van der Waals surface area contributed by atoms with Crippen molar-refractivity contribution < 1.29 is 9.47 Å². The number of rotatable bonds is 8.